The molecule has 6 heteroatoms. The molecule has 0 spiro atoms. The number of anilines is 1. The number of methoxy groups -OCH3 is 3. The summed E-state index contributed by atoms with van der Waals surface area (Å²) in [6, 6.07) is 15.3. The van der Waals surface area contributed by atoms with Gasteiger partial charge in [-0.3, -0.25) is 4.79 Å². The van der Waals surface area contributed by atoms with Gasteiger partial charge in [-0.2, -0.15) is 0 Å². The fourth-order valence-corrected chi connectivity index (χ4v) is 2.77. The Balaban J connectivity index is 1.86. The van der Waals surface area contributed by atoms with Crippen LogP contribution in [0.5, 0.6) is 11.5 Å². The maximum absolute atomic E-state index is 12.4. The summed E-state index contributed by atoms with van der Waals surface area (Å²) in [7, 11) is 4.83. The van der Waals surface area contributed by atoms with E-state index in [0.717, 1.165) is 5.56 Å². The molecule has 0 aliphatic carbocycles. The number of rotatable bonds is 10. The number of carbonyl (C=O) groups excluding carboxylic acids is 1. The molecule has 0 saturated carbocycles. The Hall–Kier alpha value is -2.57. The number of ether oxygens (including phenoxy) is 3. The molecule has 0 fully saturated rings. The molecular formula is C21H28N2O4. The average molecular weight is 372 g/mol. The van der Waals surface area contributed by atoms with Crippen LogP contribution in [-0.4, -0.2) is 39.8 Å². The van der Waals surface area contributed by atoms with Gasteiger partial charge in [0.05, 0.1) is 26.0 Å². The summed E-state index contributed by atoms with van der Waals surface area (Å²) in [4.78, 5) is 12.4. The van der Waals surface area contributed by atoms with Gasteiger partial charge in [0, 0.05) is 32.2 Å². The quantitative estimate of drug-likeness (QED) is 0.669. The van der Waals surface area contributed by atoms with E-state index in [1.165, 1.54) is 0 Å². The summed E-state index contributed by atoms with van der Waals surface area (Å²) in [6.07, 6.45) is 0.277. The summed E-state index contributed by atoms with van der Waals surface area (Å²) in [5.41, 5.74) is 1.72. The lowest BCUT2D eigenvalue weighted by molar-refractivity contribution is -0.116. The van der Waals surface area contributed by atoms with Crippen LogP contribution < -0.4 is 20.1 Å². The van der Waals surface area contributed by atoms with E-state index in [9.17, 15) is 4.79 Å². The van der Waals surface area contributed by atoms with Crippen LogP contribution in [-0.2, 0) is 9.53 Å². The van der Waals surface area contributed by atoms with Crippen LogP contribution >= 0.6 is 0 Å². The van der Waals surface area contributed by atoms with E-state index >= 15 is 0 Å². The third-order valence-electron chi connectivity index (χ3n) is 4.28. The van der Waals surface area contributed by atoms with Crippen molar-refractivity contribution in [3.8, 4) is 11.5 Å². The Morgan fingerprint density at radius 2 is 1.78 bits per heavy atom. The molecule has 2 rings (SSSR count). The fraction of sp³-hybridized carbons (Fsp3) is 0.381. The van der Waals surface area contributed by atoms with Crippen LogP contribution in [0, 0.1) is 0 Å². The van der Waals surface area contributed by atoms with E-state index in [1.807, 2.05) is 37.3 Å². The highest BCUT2D eigenvalue weighted by Gasteiger charge is 2.15. The second-order valence-electron chi connectivity index (χ2n) is 6.26. The zero-order valence-electron chi connectivity index (χ0n) is 16.3. The molecular weight excluding hydrogens is 344 g/mol. The topological polar surface area (TPSA) is 68.8 Å². The number of hydrogen-bond acceptors (Lipinski definition) is 5. The van der Waals surface area contributed by atoms with Gasteiger partial charge in [0.15, 0.2) is 0 Å². The largest absolute Gasteiger partial charge is 0.497 e. The predicted molar refractivity (Wildman–Crippen MR) is 106 cm³/mol. The molecule has 2 aromatic rings. The van der Waals surface area contributed by atoms with Crippen LogP contribution in [0.3, 0.4) is 0 Å². The SMILES string of the molecule is COc1ccc(NC(=O)CC(C)NCC(OC)c2ccccc2)c(OC)c1. The Morgan fingerprint density at radius 1 is 1.04 bits per heavy atom. The average Bonchev–Trinajstić information content (AvgIpc) is 2.69. The monoisotopic (exact) mass is 372 g/mol. The molecule has 27 heavy (non-hydrogen) atoms. The Kier molecular flexibility index (Phi) is 8.10. The molecule has 0 heterocycles. The van der Waals surface area contributed by atoms with Crippen molar-refractivity contribution in [1.29, 1.82) is 0 Å². The Morgan fingerprint density at radius 3 is 2.41 bits per heavy atom. The van der Waals surface area contributed by atoms with E-state index in [1.54, 1.807) is 39.5 Å². The summed E-state index contributed by atoms with van der Waals surface area (Å²) in [5.74, 6) is 1.14. The van der Waals surface area contributed by atoms with Gasteiger partial charge in [0.2, 0.25) is 5.91 Å². The molecule has 0 aliphatic heterocycles. The van der Waals surface area contributed by atoms with Crippen molar-refractivity contribution >= 4 is 11.6 Å². The third-order valence-corrected chi connectivity index (χ3v) is 4.28. The van der Waals surface area contributed by atoms with Crippen LogP contribution in [0.2, 0.25) is 0 Å². The summed E-state index contributed by atoms with van der Waals surface area (Å²) in [5, 5.41) is 6.24. The predicted octanol–water partition coefficient (Wildman–Crippen LogP) is 3.40. The first-order valence-electron chi connectivity index (χ1n) is 8.90. The third kappa shape index (κ3) is 6.27. The summed E-state index contributed by atoms with van der Waals surface area (Å²) >= 11 is 0. The van der Waals surface area contributed by atoms with Gasteiger partial charge in [-0.15, -0.1) is 0 Å². The maximum Gasteiger partial charge on any atom is 0.226 e. The van der Waals surface area contributed by atoms with Gasteiger partial charge in [0.1, 0.15) is 11.5 Å². The minimum atomic E-state index is -0.0906. The highest BCUT2D eigenvalue weighted by Crippen LogP contribution is 2.29. The van der Waals surface area contributed by atoms with E-state index in [2.05, 4.69) is 10.6 Å². The summed E-state index contributed by atoms with van der Waals surface area (Å²) < 4.78 is 16.0. The minimum Gasteiger partial charge on any atom is -0.497 e. The van der Waals surface area contributed by atoms with Crippen LogP contribution in [0.15, 0.2) is 48.5 Å². The van der Waals surface area contributed by atoms with Gasteiger partial charge >= 0.3 is 0 Å². The lowest BCUT2D eigenvalue weighted by Crippen LogP contribution is -2.34. The fourth-order valence-electron chi connectivity index (χ4n) is 2.77. The Labute approximate surface area is 160 Å². The number of amides is 1. The lowest BCUT2D eigenvalue weighted by Gasteiger charge is -2.20. The van der Waals surface area contributed by atoms with Gasteiger partial charge in [-0.25, -0.2) is 0 Å². The molecule has 0 saturated heterocycles. The van der Waals surface area contributed by atoms with Crippen molar-refractivity contribution in [2.75, 3.05) is 33.2 Å². The molecule has 2 N–H and O–H groups in total. The van der Waals surface area contributed by atoms with Crippen LogP contribution in [0.1, 0.15) is 25.0 Å². The number of hydrogen-bond donors (Lipinski definition) is 2. The van der Waals surface area contributed by atoms with Gasteiger partial charge in [0.25, 0.3) is 0 Å². The molecule has 146 valence electrons. The van der Waals surface area contributed by atoms with Crippen molar-refractivity contribution in [1.82, 2.24) is 5.32 Å². The van der Waals surface area contributed by atoms with Crippen molar-refractivity contribution in [3.63, 3.8) is 0 Å². The zero-order valence-corrected chi connectivity index (χ0v) is 16.3. The van der Waals surface area contributed by atoms with Crippen molar-refractivity contribution < 1.29 is 19.0 Å². The van der Waals surface area contributed by atoms with Crippen LogP contribution in [0.4, 0.5) is 5.69 Å². The lowest BCUT2D eigenvalue weighted by atomic mass is 10.1. The van der Waals surface area contributed by atoms with Gasteiger partial charge in [-0.1, -0.05) is 30.3 Å². The van der Waals surface area contributed by atoms with Crippen LogP contribution in [0.25, 0.3) is 0 Å². The minimum absolute atomic E-state index is 0.00407. The van der Waals surface area contributed by atoms with Crippen molar-refractivity contribution in [2.24, 2.45) is 0 Å². The molecule has 1 amide bonds. The van der Waals surface area contributed by atoms with E-state index in [4.69, 9.17) is 14.2 Å². The molecule has 2 unspecified atom stereocenters. The normalized spacial score (nSPS) is 12.9. The second kappa shape index (κ2) is 10.5. The molecule has 0 radical (unpaired) electrons. The number of benzene rings is 2. The molecule has 0 aliphatic rings. The molecule has 6 nitrogen and oxygen atoms in total. The second-order valence-corrected chi connectivity index (χ2v) is 6.26. The summed E-state index contributed by atoms with van der Waals surface area (Å²) in [6.45, 7) is 2.60. The highest BCUT2D eigenvalue weighted by molar-refractivity contribution is 5.92. The standard InChI is InChI=1S/C21H28N2O4/c1-15(22-14-20(27-4)16-8-6-5-7-9-16)12-21(24)23-18-11-10-17(25-2)13-19(18)26-3/h5-11,13,15,20,22H,12,14H2,1-4H3,(H,23,24). The number of carbonyl (C=O) groups is 1. The first kappa shape index (κ1) is 20.7. The zero-order chi connectivity index (χ0) is 19.6. The van der Waals surface area contributed by atoms with Gasteiger partial charge in [-0.05, 0) is 24.6 Å². The highest BCUT2D eigenvalue weighted by atomic mass is 16.5. The van der Waals surface area contributed by atoms with Crippen molar-refractivity contribution in [2.45, 2.75) is 25.5 Å². The number of nitrogens with one attached hydrogen (secondary N) is 2. The van der Waals surface area contributed by atoms with E-state index in [0.29, 0.717) is 30.2 Å². The maximum atomic E-state index is 12.4. The molecule has 2 aromatic carbocycles. The first-order valence-corrected chi connectivity index (χ1v) is 8.90. The van der Waals surface area contributed by atoms with Gasteiger partial charge < -0.3 is 24.8 Å². The van der Waals surface area contributed by atoms with E-state index < -0.39 is 0 Å². The Bertz CT molecular complexity index is 721. The van der Waals surface area contributed by atoms with Crippen molar-refractivity contribution in [3.05, 3.63) is 54.1 Å². The molecule has 0 bridgehead atoms. The molecule has 0 aromatic heterocycles. The first-order chi connectivity index (χ1) is 13.1. The van der Waals surface area contributed by atoms with E-state index in [-0.39, 0.29) is 18.1 Å². The molecule has 2 atom stereocenters. The smallest absolute Gasteiger partial charge is 0.226 e.